The molecule has 1 aliphatic heterocycles. The number of nitrogens with two attached hydrogens (primary N) is 1. The van der Waals surface area contributed by atoms with Gasteiger partial charge in [0.05, 0.1) is 0 Å². The Balaban J connectivity index is 1.85. The number of carbonyl (C=O) groups excluding carboxylic acids is 1. The quantitative estimate of drug-likeness (QED) is 0.876. The molecular formula is C20H24N2O. The minimum absolute atomic E-state index is 0.148. The standard InChI is InChI=1S/C20H24N2O/c1-20(2,17-6-5-7-18(21)14-17)16-10-8-15(9-11-16)19(23)22-12-3-4-13-22/h5-11,14H,3-4,12-13,21H2,1-2H3. The summed E-state index contributed by atoms with van der Waals surface area (Å²) in [7, 11) is 0. The number of nitrogens with zero attached hydrogens (tertiary/aromatic N) is 1. The van der Waals surface area contributed by atoms with E-state index >= 15 is 0 Å². The topological polar surface area (TPSA) is 46.3 Å². The molecule has 2 aromatic rings. The predicted octanol–water partition coefficient (Wildman–Crippen LogP) is 3.83. The van der Waals surface area contributed by atoms with Gasteiger partial charge in [0.1, 0.15) is 0 Å². The molecule has 0 aliphatic carbocycles. The van der Waals surface area contributed by atoms with E-state index in [0.29, 0.717) is 0 Å². The summed E-state index contributed by atoms with van der Waals surface area (Å²) in [6.07, 6.45) is 2.23. The summed E-state index contributed by atoms with van der Waals surface area (Å²) in [5.41, 5.74) is 9.68. The number of hydrogen-bond acceptors (Lipinski definition) is 2. The molecule has 0 saturated carbocycles. The Bertz CT molecular complexity index is 698. The van der Waals surface area contributed by atoms with E-state index in [1.807, 2.05) is 35.2 Å². The maximum absolute atomic E-state index is 12.4. The Hall–Kier alpha value is -2.29. The minimum Gasteiger partial charge on any atom is -0.399 e. The Morgan fingerprint density at radius 1 is 1.00 bits per heavy atom. The lowest BCUT2D eigenvalue weighted by atomic mass is 9.78. The molecule has 3 nitrogen and oxygen atoms in total. The number of nitrogen functional groups attached to an aromatic ring is 1. The highest BCUT2D eigenvalue weighted by Crippen LogP contribution is 2.32. The zero-order valence-electron chi connectivity index (χ0n) is 13.9. The molecule has 23 heavy (non-hydrogen) atoms. The molecule has 1 fully saturated rings. The van der Waals surface area contributed by atoms with Gasteiger partial charge in [0.25, 0.3) is 5.91 Å². The van der Waals surface area contributed by atoms with E-state index in [0.717, 1.165) is 37.2 Å². The van der Waals surface area contributed by atoms with Gasteiger partial charge in [0.15, 0.2) is 0 Å². The van der Waals surface area contributed by atoms with Gasteiger partial charge in [0, 0.05) is 29.8 Å². The molecule has 3 heteroatoms. The third kappa shape index (κ3) is 3.09. The van der Waals surface area contributed by atoms with Crippen molar-refractivity contribution in [1.82, 2.24) is 4.90 Å². The Morgan fingerprint density at radius 2 is 1.65 bits per heavy atom. The van der Waals surface area contributed by atoms with Gasteiger partial charge in [-0.3, -0.25) is 4.79 Å². The van der Waals surface area contributed by atoms with Gasteiger partial charge < -0.3 is 10.6 Å². The lowest BCUT2D eigenvalue weighted by molar-refractivity contribution is 0.0793. The van der Waals surface area contributed by atoms with Crippen LogP contribution in [-0.4, -0.2) is 23.9 Å². The van der Waals surface area contributed by atoms with Crippen LogP contribution in [0.5, 0.6) is 0 Å². The van der Waals surface area contributed by atoms with Crippen molar-refractivity contribution in [3.63, 3.8) is 0 Å². The van der Waals surface area contributed by atoms with E-state index in [1.165, 1.54) is 11.1 Å². The second-order valence-electron chi connectivity index (χ2n) is 6.83. The molecule has 2 aromatic carbocycles. The first-order chi connectivity index (χ1) is 11.0. The largest absolute Gasteiger partial charge is 0.399 e. The third-order valence-corrected chi connectivity index (χ3v) is 4.86. The number of amides is 1. The first-order valence-corrected chi connectivity index (χ1v) is 8.24. The van der Waals surface area contributed by atoms with E-state index in [2.05, 4.69) is 32.0 Å². The fourth-order valence-electron chi connectivity index (χ4n) is 3.23. The number of likely N-dealkylation sites (tertiary alicyclic amines) is 1. The van der Waals surface area contributed by atoms with Crippen molar-refractivity contribution < 1.29 is 4.79 Å². The molecular weight excluding hydrogens is 284 g/mol. The van der Waals surface area contributed by atoms with E-state index in [1.54, 1.807) is 0 Å². The summed E-state index contributed by atoms with van der Waals surface area (Å²) in [4.78, 5) is 14.4. The van der Waals surface area contributed by atoms with Gasteiger partial charge in [-0.15, -0.1) is 0 Å². The number of benzene rings is 2. The minimum atomic E-state index is -0.148. The first-order valence-electron chi connectivity index (χ1n) is 8.24. The van der Waals surface area contributed by atoms with E-state index < -0.39 is 0 Å². The first kappa shape index (κ1) is 15.6. The molecule has 1 amide bonds. The van der Waals surface area contributed by atoms with Gasteiger partial charge in [-0.05, 0) is 48.2 Å². The van der Waals surface area contributed by atoms with Crippen molar-refractivity contribution in [2.75, 3.05) is 18.8 Å². The average molecular weight is 308 g/mol. The maximum Gasteiger partial charge on any atom is 0.253 e. The normalized spacial score (nSPS) is 15.0. The van der Waals surface area contributed by atoms with Crippen molar-refractivity contribution in [2.24, 2.45) is 0 Å². The molecule has 0 spiro atoms. The molecule has 1 saturated heterocycles. The summed E-state index contributed by atoms with van der Waals surface area (Å²) < 4.78 is 0. The Kier molecular flexibility index (Phi) is 4.12. The van der Waals surface area contributed by atoms with Crippen molar-refractivity contribution in [3.05, 3.63) is 65.2 Å². The summed E-state index contributed by atoms with van der Waals surface area (Å²) in [5.74, 6) is 0.149. The van der Waals surface area contributed by atoms with Crippen molar-refractivity contribution in [3.8, 4) is 0 Å². The summed E-state index contributed by atoms with van der Waals surface area (Å²) >= 11 is 0. The molecule has 0 unspecified atom stereocenters. The third-order valence-electron chi connectivity index (χ3n) is 4.86. The highest BCUT2D eigenvalue weighted by molar-refractivity contribution is 5.94. The number of anilines is 1. The molecule has 0 aromatic heterocycles. The molecule has 1 aliphatic rings. The molecule has 1 heterocycles. The van der Waals surface area contributed by atoms with Crippen LogP contribution in [0.4, 0.5) is 5.69 Å². The van der Waals surface area contributed by atoms with Crippen LogP contribution >= 0.6 is 0 Å². The van der Waals surface area contributed by atoms with Crippen LogP contribution in [-0.2, 0) is 5.41 Å². The smallest absolute Gasteiger partial charge is 0.253 e. The molecule has 3 rings (SSSR count). The molecule has 0 bridgehead atoms. The summed E-state index contributed by atoms with van der Waals surface area (Å²) in [6, 6.07) is 16.0. The fourth-order valence-corrected chi connectivity index (χ4v) is 3.23. The highest BCUT2D eigenvalue weighted by Gasteiger charge is 2.24. The average Bonchev–Trinajstić information content (AvgIpc) is 3.09. The number of rotatable bonds is 3. The van der Waals surface area contributed by atoms with Gasteiger partial charge in [0.2, 0.25) is 0 Å². The monoisotopic (exact) mass is 308 g/mol. The molecule has 0 radical (unpaired) electrons. The lowest BCUT2D eigenvalue weighted by Gasteiger charge is -2.27. The van der Waals surface area contributed by atoms with Crippen LogP contribution in [0.15, 0.2) is 48.5 Å². The van der Waals surface area contributed by atoms with Crippen LogP contribution in [0.3, 0.4) is 0 Å². The van der Waals surface area contributed by atoms with Crippen molar-refractivity contribution in [2.45, 2.75) is 32.1 Å². The Morgan fingerprint density at radius 3 is 2.26 bits per heavy atom. The Labute approximate surface area is 138 Å². The second-order valence-corrected chi connectivity index (χ2v) is 6.83. The van der Waals surface area contributed by atoms with E-state index in [-0.39, 0.29) is 11.3 Å². The van der Waals surface area contributed by atoms with Crippen LogP contribution < -0.4 is 5.73 Å². The van der Waals surface area contributed by atoms with Gasteiger partial charge in [-0.2, -0.15) is 0 Å². The van der Waals surface area contributed by atoms with Gasteiger partial charge in [-0.1, -0.05) is 38.1 Å². The SMILES string of the molecule is CC(C)(c1ccc(C(=O)N2CCCC2)cc1)c1cccc(N)c1. The second kappa shape index (κ2) is 6.07. The summed E-state index contributed by atoms with van der Waals surface area (Å²) in [6.45, 7) is 6.13. The maximum atomic E-state index is 12.4. The van der Waals surface area contributed by atoms with Gasteiger partial charge >= 0.3 is 0 Å². The number of carbonyl (C=O) groups is 1. The lowest BCUT2D eigenvalue weighted by Crippen LogP contribution is -2.27. The molecule has 120 valence electrons. The van der Waals surface area contributed by atoms with E-state index in [4.69, 9.17) is 5.73 Å². The zero-order valence-corrected chi connectivity index (χ0v) is 13.9. The highest BCUT2D eigenvalue weighted by atomic mass is 16.2. The van der Waals surface area contributed by atoms with Crippen LogP contribution in [0.1, 0.15) is 48.2 Å². The van der Waals surface area contributed by atoms with Crippen LogP contribution in [0.25, 0.3) is 0 Å². The molecule has 0 atom stereocenters. The van der Waals surface area contributed by atoms with Crippen molar-refractivity contribution in [1.29, 1.82) is 0 Å². The predicted molar refractivity (Wildman–Crippen MR) is 94.6 cm³/mol. The molecule has 2 N–H and O–H groups in total. The summed E-state index contributed by atoms with van der Waals surface area (Å²) in [5, 5.41) is 0. The fraction of sp³-hybridized carbons (Fsp3) is 0.350. The number of hydrogen-bond donors (Lipinski definition) is 1. The van der Waals surface area contributed by atoms with Gasteiger partial charge in [-0.25, -0.2) is 0 Å². The van der Waals surface area contributed by atoms with E-state index in [9.17, 15) is 4.79 Å². The van der Waals surface area contributed by atoms with Crippen LogP contribution in [0, 0.1) is 0 Å². The zero-order chi connectivity index (χ0) is 16.4. The van der Waals surface area contributed by atoms with Crippen LogP contribution in [0.2, 0.25) is 0 Å². The van der Waals surface area contributed by atoms with Crippen molar-refractivity contribution >= 4 is 11.6 Å².